The number of benzene rings is 1. The van der Waals surface area contributed by atoms with E-state index in [1.165, 1.54) is 11.1 Å². The van der Waals surface area contributed by atoms with Gasteiger partial charge in [-0.2, -0.15) is 0 Å². The molecule has 0 aliphatic carbocycles. The summed E-state index contributed by atoms with van der Waals surface area (Å²) in [5.74, 6) is -0.212. The lowest BCUT2D eigenvalue weighted by Crippen LogP contribution is -2.14. The summed E-state index contributed by atoms with van der Waals surface area (Å²) in [6, 6.07) is 6.45. The Morgan fingerprint density at radius 1 is 1.16 bits per heavy atom. The van der Waals surface area contributed by atoms with Crippen molar-refractivity contribution in [1.82, 2.24) is 0 Å². The fourth-order valence-corrected chi connectivity index (χ4v) is 2.12. The van der Waals surface area contributed by atoms with E-state index in [2.05, 4.69) is 32.0 Å². The van der Waals surface area contributed by atoms with Gasteiger partial charge in [0.2, 0.25) is 0 Å². The van der Waals surface area contributed by atoms with Gasteiger partial charge in [0.15, 0.2) is 0 Å². The van der Waals surface area contributed by atoms with Gasteiger partial charge in [-0.25, -0.2) is 0 Å². The number of carbonyl (C=O) groups is 1. The summed E-state index contributed by atoms with van der Waals surface area (Å²) in [6.07, 6.45) is 3.12. The molecule has 1 aromatic carbocycles. The maximum Gasteiger partial charge on any atom is 0.308 e. The highest BCUT2D eigenvalue weighted by molar-refractivity contribution is 5.71. The fourth-order valence-electron chi connectivity index (χ4n) is 2.12. The van der Waals surface area contributed by atoms with E-state index in [0.29, 0.717) is 0 Å². The molecule has 1 atom stereocenters. The van der Waals surface area contributed by atoms with E-state index in [-0.39, 0.29) is 18.0 Å². The largest absolute Gasteiger partial charge is 0.458 e. The minimum atomic E-state index is -0.170. The SMILES string of the molecule is CCCc1ccc(C(C)OC(=O)C(C)C)cc1CC. The summed E-state index contributed by atoms with van der Waals surface area (Å²) in [7, 11) is 0. The van der Waals surface area contributed by atoms with E-state index >= 15 is 0 Å². The minimum absolute atomic E-state index is 0.0764. The highest BCUT2D eigenvalue weighted by atomic mass is 16.5. The molecule has 0 spiro atoms. The van der Waals surface area contributed by atoms with Crippen LogP contribution in [0.5, 0.6) is 0 Å². The number of hydrogen-bond acceptors (Lipinski definition) is 2. The van der Waals surface area contributed by atoms with Crippen LogP contribution < -0.4 is 0 Å². The van der Waals surface area contributed by atoms with Gasteiger partial charge in [0.25, 0.3) is 0 Å². The van der Waals surface area contributed by atoms with Crippen LogP contribution in [0.2, 0.25) is 0 Å². The first-order valence-corrected chi connectivity index (χ1v) is 7.31. The lowest BCUT2D eigenvalue weighted by molar-refractivity contribution is -0.152. The first kappa shape index (κ1) is 15.7. The molecule has 1 unspecified atom stereocenters. The monoisotopic (exact) mass is 262 g/mol. The number of rotatable bonds is 6. The van der Waals surface area contributed by atoms with Gasteiger partial charge in [-0.15, -0.1) is 0 Å². The molecule has 0 heterocycles. The van der Waals surface area contributed by atoms with Gasteiger partial charge in [0, 0.05) is 0 Å². The number of esters is 1. The van der Waals surface area contributed by atoms with Crippen molar-refractivity contribution >= 4 is 5.97 Å². The predicted octanol–water partition coefficient (Wildman–Crippen LogP) is 4.46. The van der Waals surface area contributed by atoms with Gasteiger partial charge >= 0.3 is 5.97 Å². The molecule has 0 aromatic heterocycles. The van der Waals surface area contributed by atoms with Gasteiger partial charge in [-0.3, -0.25) is 4.79 Å². The maximum absolute atomic E-state index is 11.6. The molecule has 19 heavy (non-hydrogen) atoms. The Kier molecular flexibility index (Phi) is 6.07. The van der Waals surface area contributed by atoms with Gasteiger partial charge in [0.1, 0.15) is 6.10 Å². The summed E-state index contributed by atoms with van der Waals surface area (Å²) >= 11 is 0. The smallest absolute Gasteiger partial charge is 0.308 e. The van der Waals surface area contributed by atoms with Crippen LogP contribution in [0, 0.1) is 5.92 Å². The van der Waals surface area contributed by atoms with Crippen LogP contribution in [0.3, 0.4) is 0 Å². The summed E-state index contributed by atoms with van der Waals surface area (Å²) in [5, 5.41) is 0. The molecule has 0 radical (unpaired) electrons. The van der Waals surface area contributed by atoms with Crippen molar-refractivity contribution in [2.45, 2.75) is 60.0 Å². The highest BCUT2D eigenvalue weighted by Gasteiger charge is 2.15. The van der Waals surface area contributed by atoms with Crippen molar-refractivity contribution < 1.29 is 9.53 Å². The minimum Gasteiger partial charge on any atom is -0.458 e. The second-order valence-corrected chi connectivity index (χ2v) is 5.37. The average Bonchev–Trinajstić information content (AvgIpc) is 2.39. The van der Waals surface area contributed by atoms with E-state index in [0.717, 1.165) is 24.8 Å². The van der Waals surface area contributed by atoms with E-state index < -0.39 is 0 Å². The van der Waals surface area contributed by atoms with Crippen molar-refractivity contribution in [3.63, 3.8) is 0 Å². The van der Waals surface area contributed by atoms with Crippen LogP contribution in [0.15, 0.2) is 18.2 Å². The van der Waals surface area contributed by atoms with Crippen LogP contribution in [0.4, 0.5) is 0 Å². The van der Waals surface area contributed by atoms with Gasteiger partial charge in [0.05, 0.1) is 5.92 Å². The summed E-state index contributed by atoms with van der Waals surface area (Å²) in [4.78, 5) is 11.6. The third kappa shape index (κ3) is 4.38. The lowest BCUT2D eigenvalue weighted by atomic mass is 9.97. The second kappa shape index (κ2) is 7.32. The Balaban J connectivity index is 2.86. The molecule has 0 amide bonds. The fraction of sp³-hybridized carbons (Fsp3) is 0.588. The molecular formula is C17H26O2. The van der Waals surface area contributed by atoms with Crippen LogP contribution in [0.25, 0.3) is 0 Å². The second-order valence-electron chi connectivity index (χ2n) is 5.37. The quantitative estimate of drug-likeness (QED) is 0.707. The van der Waals surface area contributed by atoms with Gasteiger partial charge < -0.3 is 4.74 Å². The molecule has 0 saturated carbocycles. The van der Waals surface area contributed by atoms with Crippen molar-refractivity contribution in [2.75, 3.05) is 0 Å². The van der Waals surface area contributed by atoms with E-state index in [4.69, 9.17) is 4.74 Å². The zero-order valence-corrected chi connectivity index (χ0v) is 12.8. The Bertz CT molecular complexity index is 421. The molecule has 2 nitrogen and oxygen atoms in total. The van der Waals surface area contributed by atoms with Crippen molar-refractivity contribution in [3.05, 3.63) is 34.9 Å². The Morgan fingerprint density at radius 3 is 2.37 bits per heavy atom. The number of ether oxygens (including phenoxy) is 1. The molecule has 0 aliphatic heterocycles. The molecule has 0 bridgehead atoms. The molecule has 0 fully saturated rings. The van der Waals surface area contributed by atoms with Crippen molar-refractivity contribution in [1.29, 1.82) is 0 Å². The van der Waals surface area contributed by atoms with Crippen molar-refractivity contribution in [2.24, 2.45) is 5.92 Å². The van der Waals surface area contributed by atoms with Crippen LogP contribution in [-0.2, 0) is 22.4 Å². The molecule has 1 rings (SSSR count). The third-order valence-electron chi connectivity index (χ3n) is 3.36. The summed E-state index contributed by atoms with van der Waals surface area (Å²) < 4.78 is 5.46. The number of aryl methyl sites for hydroxylation is 2. The molecule has 2 heteroatoms. The predicted molar refractivity (Wildman–Crippen MR) is 79.2 cm³/mol. The molecule has 106 valence electrons. The first-order chi connectivity index (χ1) is 8.99. The Labute approximate surface area is 117 Å². The van der Waals surface area contributed by atoms with E-state index in [9.17, 15) is 4.79 Å². The standard InChI is InChI=1S/C17H26O2/c1-6-8-15-9-10-16(11-14(15)7-2)13(5)19-17(18)12(3)4/h9-13H,6-8H2,1-5H3. The topological polar surface area (TPSA) is 26.3 Å². The first-order valence-electron chi connectivity index (χ1n) is 7.31. The van der Waals surface area contributed by atoms with Crippen LogP contribution >= 0.6 is 0 Å². The average molecular weight is 262 g/mol. The molecule has 0 N–H and O–H groups in total. The number of hydrogen-bond donors (Lipinski definition) is 0. The Hall–Kier alpha value is -1.31. The molecule has 0 saturated heterocycles. The number of carbonyl (C=O) groups excluding carboxylic acids is 1. The lowest BCUT2D eigenvalue weighted by Gasteiger charge is -2.17. The summed E-state index contributed by atoms with van der Waals surface area (Å²) in [5.41, 5.74) is 3.87. The van der Waals surface area contributed by atoms with Gasteiger partial charge in [-0.05, 0) is 36.5 Å². The van der Waals surface area contributed by atoms with E-state index in [1.807, 2.05) is 20.8 Å². The Morgan fingerprint density at radius 2 is 1.84 bits per heavy atom. The molecule has 0 aliphatic rings. The van der Waals surface area contributed by atoms with Crippen LogP contribution in [0.1, 0.15) is 63.8 Å². The third-order valence-corrected chi connectivity index (χ3v) is 3.36. The highest BCUT2D eigenvalue weighted by Crippen LogP contribution is 2.23. The molecular weight excluding hydrogens is 236 g/mol. The zero-order chi connectivity index (χ0) is 14.4. The zero-order valence-electron chi connectivity index (χ0n) is 12.8. The summed E-state index contributed by atoms with van der Waals surface area (Å²) in [6.45, 7) is 10.0. The molecule has 1 aromatic rings. The van der Waals surface area contributed by atoms with Crippen molar-refractivity contribution in [3.8, 4) is 0 Å². The van der Waals surface area contributed by atoms with Gasteiger partial charge in [-0.1, -0.05) is 52.3 Å². The van der Waals surface area contributed by atoms with Crippen LogP contribution in [-0.4, -0.2) is 5.97 Å². The van der Waals surface area contributed by atoms with E-state index in [1.54, 1.807) is 0 Å². The maximum atomic E-state index is 11.6. The normalized spacial score (nSPS) is 12.5.